The summed E-state index contributed by atoms with van der Waals surface area (Å²) in [6.45, 7) is 6.55. The van der Waals surface area contributed by atoms with E-state index >= 15 is 0 Å². The highest BCUT2D eigenvalue weighted by Crippen LogP contribution is 2.35. The van der Waals surface area contributed by atoms with Crippen LogP contribution in [-0.2, 0) is 6.42 Å². The normalized spacial score (nSPS) is 16.8. The molecular formula is C15H20N2S2. The van der Waals surface area contributed by atoms with Crippen molar-refractivity contribution in [1.29, 1.82) is 0 Å². The first-order valence-corrected chi connectivity index (χ1v) is 8.59. The summed E-state index contributed by atoms with van der Waals surface area (Å²) in [7, 11) is 0. The van der Waals surface area contributed by atoms with Gasteiger partial charge in [-0.25, -0.2) is 4.98 Å². The molecule has 102 valence electrons. The molecule has 0 spiro atoms. The number of aryl methyl sites for hydroxylation is 3. The molecule has 4 heteroatoms. The van der Waals surface area contributed by atoms with Crippen molar-refractivity contribution >= 4 is 22.7 Å². The highest BCUT2D eigenvalue weighted by molar-refractivity contribution is 7.13. The summed E-state index contributed by atoms with van der Waals surface area (Å²) >= 11 is 3.74. The zero-order valence-corrected chi connectivity index (χ0v) is 13.3. The van der Waals surface area contributed by atoms with Crippen molar-refractivity contribution in [2.45, 2.75) is 52.1 Å². The Morgan fingerprint density at radius 3 is 2.63 bits per heavy atom. The molecule has 0 bridgehead atoms. The number of aromatic nitrogens is 1. The SMILES string of the molecule is CCc1nc(C(NC2CC2)c2ccc(C)s2)sc1C. The van der Waals surface area contributed by atoms with Gasteiger partial charge in [-0.2, -0.15) is 0 Å². The van der Waals surface area contributed by atoms with Crippen LogP contribution in [0.4, 0.5) is 0 Å². The van der Waals surface area contributed by atoms with Gasteiger partial charge in [-0.1, -0.05) is 6.92 Å². The van der Waals surface area contributed by atoms with E-state index in [1.165, 1.54) is 38.2 Å². The van der Waals surface area contributed by atoms with E-state index in [0.29, 0.717) is 12.1 Å². The minimum atomic E-state index is 0.301. The van der Waals surface area contributed by atoms with Gasteiger partial charge in [0, 0.05) is 20.7 Å². The fourth-order valence-electron chi connectivity index (χ4n) is 2.27. The second-order valence-electron chi connectivity index (χ2n) is 5.23. The van der Waals surface area contributed by atoms with Gasteiger partial charge in [-0.3, -0.25) is 0 Å². The van der Waals surface area contributed by atoms with Gasteiger partial charge < -0.3 is 5.32 Å². The Kier molecular flexibility index (Phi) is 3.74. The van der Waals surface area contributed by atoms with Crippen molar-refractivity contribution in [3.63, 3.8) is 0 Å². The summed E-state index contributed by atoms with van der Waals surface area (Å²) in [5.74, 6) is 0. The maximum Gasteiger partial charge on any atom is 0.115 e. The average Bonchev–Trinajstić information content (AvgIpc) is 2.99. The first-order valence-electron chi connectivity index (χ1n) is 6.96. The standard InChI is InChI=1S/C15H20N2S2/c1-4-12-10(3)19-15(17-12)14(16-11-6-7-11)13-8-5-9(2)18-13/h5,8,11,14,16H,4,6-7H2,1-3H3. The molecule has 1 fully saturated rings. The molecule has 2 heterocycles. The summed E-state index contributed by atoms with van der Waals surface area (Å²) in [5, 5.41) is 5.00. The van der Waals surface area contributed by atoms with Gasteiger partial charge in [0.2, 0.25) is 0 Å². The Bertz CT molecular complexity index is 566. The van der Waals surface area contributed by atoms with E-state index in [1.54, 1.807) is 0 Å². The molecule has 2 aromatic heterocycles. The Morgan fingerprint density at radius 2 is 2.11 bits per heavy atom. The highest BCUT2D eigenvalue weighted by atomic mass is 32.1. The molecular weight excluding hydrogens is 272 g/mol. The van der Waals surface area contributed by atoms with Crippen LogP contribution in [0.5, 0.6) is 0 Å². The molecule has 0 saturated heterocycles. The quantitative estimate of drug-likeness (QED) is 0.892. The van der Waals surface area contributed by atoms with Crippen molar-refractivity contribution in [3.8, 4) is 0 Å². The number of nitrogens with one attached hydrogen (secondary N) is 1. The van der Waals surface area contributed by atoms with E-state index in [9.17, 15) is 0 Å². The summed E-state index contributed by atoms with van der Waals surface area (Å²) in [5.41, 5.74) is 1.26. The van der Waals surface area contributed by atoms with E-state index in [-0.39, 0.29) is 0 Å². The van der Waals surface area contributed by atoms with Gasteiger partial charge >= 0.3 is 0 Å². The van der Waals surface area contributed by atoms with Crippen LogP contribution in [0, 0.1) is 13.8 Å². The predicted molar refractivity (Wildman–Crippen MR) is 83.3 cm³/mol. The van der Waals surface area contributed by atoms with Crippen molar-refractivity contribution in [1.82, 2.24) is 10.3 Å². The smallest absolute Gasteiger partial charge is 0.115 e. The molecule has 1 aliphatic rings. The van der Waals surface area contributed by atoms with E-state index in [1.807, 2.05) is 22.7 Å². The first-order chi connectivity index (χ1) is 9.17. The fraction of sp³-hybridized carbons (Fsp3) is 0.533. The van der Waals surface area contributed by atoms with Crippen molar-refractivity contribution < 1.29 is 0 Å². The molecule has 2 nitrogen and oxygen atoms in total. The van der Waals surface area contributed by atoms with Gasteiger partial charge in [0.1, 0.15) is 5.01 Å². The van der Waals surface area contributed by atoms with Gasteiger partial charge in [-0.15, -0.1) is 22.7 Å². The van der Waals surface area contributed by atoms with E-state index in [2.05, 4.69) is 38.2 Å². The van der Waals surface area contributed by atoms with Gasteiger partial charge in [-0.05, 0) is 45.2 Å². The van der Waals surface area contributed by atoms with Crippen LogP contribution in [0.15, 0.2) is 12.1 Å². The summed E-state index contributed by atoms with van der Waals surface area (Å²) in [6.07, 6.45) is 3.65. The largest absolute Gasteiger partial charge is 0.301 e. The Hall–Kier alpha value is -0.710. The molecule has 3 rings (SSSR count). The van der Waals surface area contributed by atoms with Gasteiger partial charge in [0.05, 0.1) is 11.7 Å². The summed E-state index contributed by atoms with van der Waals surface area (Å²) in [6, 6.07) is 5.46. The molecule has 0 aliphatic heterocycles. The predicted octanol–water partition coefficient (Wildman–Crippen LogP) is 4.23. The van der Waals surface area contributed by atoms with E-state index in [0.717, 1.165) is 6.42 Å². The van der Waals surface area contributed by atoms with E-state index in [4.69, 9.17) is 4.98 Å². The van der Waals surface area contributed by atoms with E-state index < -0.39 is 0 Å². The lowest BCUT2D eigenvalue weighted by Crippen LogP contribution is -2.23. The van der Waals surface area contributed by atoms with Crippen LogP contribution < -0.4 is 5.32 Å². The Labute approximate surface area is 122 Å². The molecule has 1 N–H and O–H groups in total. The van der Waals surface area contributed by atoms with Crippen LogP contribution in [0.1, 0.15) is 51.1 Å². The van der Waals surface area contributed by atoms with Crippen LogP contribution >= 0.6 is 22.7 Å². The number of hydrogen-bond acceptors (Lipinski definition) is 4. The number of hydrogen-bond donors (Lipinski definition) is 1. The molecule has 2 aromatic rings. The number of rotatable bonds is 5. The van der Waals surface area contributed by atoms with Crippen LogP contribution in [0.3, 0.4) is 0 Å². The summed E-state index contributed by atoms with van der Waals surface area (Å²) < 4.78 is 0. The Morgan fingerprint density at radius 1 is 1.32 bits per heavy atom. The molecule has 0 radical (unpaired) electrons. The monoisotopic (exact) mass is 292 g/mol. The minimum absolute atomic E-state index is 0.301. The lowest BCUT2D eigenvalue weighted by atomic mass is 10.2. The van der Waals surface area contributed by atoms with Crippen molar-refractivity contribution in [2.24, 2.45) is 0 Å². The lowest BCUT2D eigenvalue weighted by molar-refractivity contribution is 0.604. The molecule has 19 heavy (non-hydrogen) atoms. The van der Waals surface area contributed by atoms with Crippen molar-refractivity contribution in [3.05, 3.63) is 37.5 Å². The zero-order chi connectivity index (χ0) is 13.4. The Balaban J connectivity index is 1.92. The van der Waals surface area contributed by atoms with Crippen LogP contribution in [-0.4, -0.2) is 11.0 Å². The second-order valence-corrected chi connectivity index (χ2v) is 7.79. The average molecular weight is 292 g/mol. The second kappa shape index (κ2) is 5.35. The third kappa shape index (κ3) is 2.91. The van der Waals surface area contributed by atoms with Crippen LogP contribution in [0.2, 0.25) is 0 Å². The topological polar surface area (TPSA) is 24.9 Å². The molecule has 1 atom stereocenters. The molecule has 1 aliphatic carbocycles. The first kappa shape index (κ1) is 13.3. The number of nitrogens with zero attached hydrogens (tertiary/aromatic N) is 1. The molecule has 0 aromatic carbocycles. The lowest BCUT2D eigenvalue weighted by Gasteiger charge is -2.14. The third-order valence-electron chi connectivity index (χ3n) is 3.52. The van der Waals surface area contributed by atoms with Gasteiger partial charge in [0.25, 0.3) is 0 Å². The highest BCUT2D eigenvalue weighted by Gasteiger charge is 2.29. The van der Waals surface area contributed by atoms with Crippen LogP contribution in [0.25, 0.3) is 0 Å². The molecule has 1 unspecified atom stereocenters. The molecule has 0 amide bonds. The zero-order valence-electron chi connectivity index (χ0n) is 11.7. The summed E-state index contributed by atoms with van der Waals surface area (Å²) in [4.78, 5) is 9.01. The number of thiophene rings is 1. The maximum absolute atomic E-state index is 4.86. The minimum Gasteiger partial charge on any atom is -0.301 e. The van der Waals surface area contributed by atoms with Crippen molar-refractivity contribution in [2.75, 3.05) is 0 Å². The van der Waals surface area contributed by atoms with Gasteiger partial charge in [0.15, 0.2) is 0 Å². The fourth-order valence-corrected chi connectivity index (χ4v) is 4.38. The molecule has 1 saturated carbocycles. The third-order valence-corrected chi connectivity index (χ3v) is 5.66. The number of thiazole rings is 1. The maximum atomic E-state index is 4.86.